The summed E-state index contributed by atoms with van der Waals surface area (Å²) >= 11 is 0. The second-order valence-electron chi connectivity index (χ2n) is 6.26. The number of carbonyl (C=O) groups is 2. The molecule has 0 spiro atoms. The number of urea groups is 1. The molecule has 1 unspecified atom stereocenters. The van der Waals surface area contributed by atoms with Crippen molar-refractivity contribution in [1.82, 2.24) is 15.5 Å². The monoisotopic (exact) mass is 287 g/mol. The molecule has 0 bridgehead atoms. The fourth-order valence-electron chi connectivity index (χ4n) is 2.11. The van der Waals surface area contributed by atoms with Crippen LogP contribution in [0.2, 0.25) is 0 Å². The van der Waals surface area contributed by atoms with Gasteiger partial charge in [-0.25, -0.2) is 9.59 Å². The van der Waals surface area contributed by atoms with Gasteiger partial charge in [-0.15, -0.1) is 0 Å². The van der Waals surface area contributed by atoms with E-state index in [9.17, 15) is 9.59 Å². The lowest BCUT2D eigenvalue weighted by molar-refractivity contribution is -0.139. The van der Waals surface area contributed by atoms with E-state index in [0.29, 0.717) is 13.0 Å². The number of unbranched alkanes of at least 4 members (excludes halogenated alkanes) is 1. The van der Waals surface area contributed by atoms with Crippen molar-refractivity contribution in [3.05, 3.63) is 0 Å². The highest BCUT2D eigenvalue weighted by molar-refractivity contribution is 5.82. The van der Waals surface area contributed by atoms with Gasteiger partial charge in [0.05, 0.1) is 0 Å². The van der Waals surface area contributed by atoms with Crippen molar-refractivity contribution in [2.45, 2.75) is 46.1 Å². The second-order valence-corrected chi connectivity index (χ2v) is 6.26. The molecule has 1 atom stereocenters. The number of aliphatic carboxylic acids is 1. The van der Waals surface area contributed by atoms with Gasteiger partial charge in [-0.2, -0.15) is 0 Å². The Kier molecular flexibility index (Phi) is 8.22. The van der Waals surface area contributed by atoms with Gasteiger partial charge in [0.25, 0.3) is 0 Å². The molecule has 0 rings (SSSR count). The average molecular weight is 287 g/mol. The largest absolute Gasteiger partial charge is 0.480 e. The molecule has 0 aromatic rings. The second kappa shape index (κ2) is 8.79. The molecule has 0 aromatic carbocycles. The highest BCUT2D eigenvalue weighted by atomic mass is 16.4. The summed E-state index contributed by atoms with van der Waals surface area (Å²) in [6, 6.07) is -1.23. The average Bonchev–Trinajstić information content (AvgIpc) is 2.30. The minimum absolute atomic E-state index is 0.0665. The van der Waals surface area contributed by atoms with Crippen LogP contribution in [0, 0.1) is 5.41 Å². The number of rotatable bonds is 9. The van der Waals surface area contributed by atoms with Gasteiger partial charge in [-0.3, -0.25) is 0 Å². The Morgan fingerprint density at radius 3 is 2.35 bits per heavy atom. The first kappa shape index (κ1) is 18.7. The fraction of sp³-hybridized carbons (Fsp3) is 0.857. The molecule has 0 radical (unpaired) electrons. The zero-order valence-corrected chi connectivity index (χ0v) is 13.3. The molecule has 0 aliphatic carbocycles. The lowest BCUT2D eigenvalue weighted by atomic mass is 9.93. The number of carboxylic acid groups (broad SMARTS) is 1. The predicted molar refractivity (Wildman–Crippen MR) is 79.8 cm³/mol. The number of hydrogen-bond acceptors (Lipinski definition) is 3. The molecule has 0 saturated carbocycles. The van der Waals surface area contributed by atoms with E-state index in [4.69, 9.17) is 5.11 Å². The lowest BCUT2D eigenvalue weighted by Gasteiger charge is -2.28. The van der Waals surface area contributed by atoms with Gasteiger partial charge in [0.1, 0.15) is 6.04 Å². The molecule has 6 heteroatoms. The van der Waals surface area contributed by atoms with Crippen LogP contribution in [0.1, 0.15) is 40.0 Å². The van der Waals surface area contributed by atoms with Crippen LogP contribution < -0.4 is 10.6 Å². The molecular formula is C14H29N3O3. The maximum Gasteiger partial charge on any atom is 0.326 e. The molecule has 0 aliphatic heterocycles. The van der Waals surface area contributed by atoms with Crippen LogP contribution in [0.5, 0.6) is 0 Å². The van der Waals surface area contributed by atoms with Crippen molar-refractivity contribution >= 4 is 12.0 Å². The Morgan fingerprint density at radius 2 is 1.90 bits per heavy atom. The first-order valence-electron chi connectivity index (χ1n) is 7.10. The van der Waals surface area contributed by atoms with Crippen molar-refractivity contribution in [3.8, 4) is 0 Å². The Hall–Kier alpha value is -1.30. The van der Waals surface area contributed by atoms with Crippen LogP contribution in [0.25, 0.3) is 0 Å². The van der Waals surface area contributed by atoms with E-state index in [1.807, 2.05) is 21.0 Å². The van der Waals surface area contributed by atoms with Gasteiger partial charge in [0.2, 0.25) is 0 Å². The van der Waals surface area contributed by atoms with Crippen molar-refractivity contribution in [1.29, 1.82) is 0 Å². The van der Waals surface area contributed by atoms with Crippen LogP contribution >= 0.6 is 0 Å². The molecule has 20 heavy (non-hydrogen) atoms. The molecular weight excluding hydrogens is 258 g/mol. The molecule has 6 nitrogen and oxygen atoms in total. The van der Waals surface area contributed by atoms with Gasteiger partial charge < -0.3 is 20.6 Å². The third-order valence-corrected chi connectivity index (χ3v) is 2.92. The zero-order chi connectivity index (χ0) is 15.8. The van der Waals surface area contributed by atoms with E-state index in [1.165, 1.54) is 0 Å². The molecule has 0 heterocycles. The van der Waals surface area contributed by atoms with Crippen LogP contribution in [0.15, 0.2) is 0 Å². The number of amides is 2. The maximum atomic E-state index is 11.8. The minimum Gasteiger partial charge on any atom is -0.480 e. The van der Waals surface area contributed by atoms with E-state index in [0.717, 1.165) is 19.4 Å². The third kappa shape index (κ3) is 8.74. The maximum absolute atomic E-state index is 11.8. The van der Waals surface area contributed by atoms with Crippen molar-refractivity contribution in [3.63, 3.8) is 0 Å². The highest BCUT2D eigenvalue weighted by Gasteiger charge is 2.22. The quantitative estimate of drug-likeness (QED) is 0.600. The molecule has 0 aromatic heterocycles. The molecule has 0 fully saturated rings. The summed E-state index contributed by atoms with van der Waals surface area (Å²) in [6.45, 7) is 7.43. The van der Waals surface area contributed by atoms with Crippen LogP contribution in [0.4, 0.5) is 4.79 Å². The number of nitrogens with one attached hydrogen (secondary N) is 2. The Morgan fingerprint density at radius 1 is 1.30 bits per heavy atom. The highest BCUT2D eigenvalue weighted by Crippen LogP contribution is 2.13. The first-order chi connectivity index (χ1) is 9.18. The molecule has 2 amide bonds. The molecule has 118 valence electrons. The minimum atomic E-state index is -0.985. The standard InChI is InChI=1S/C14H29N3O3/c1-6-7-8-11(12(18)19)16-13(20)15-9-14(2,3)10-17(4)5/h11H,6-10H2,1-5H3,(H,18,19)(H2,15,16,20). The van der Waals surface area contributed by atoms with Gasteiger partial charge in [0, 0.05) is 13.1 Å². The van der Waals surface area contributed by atoms with Crippen molar-refractivity contribution in [2.24, 2.45) is 5.41 Å². The van der Waals surface area contributed by atoms with Gasteiger partial charge >= 0.3 is 12.0 Å². The van der Waals surface area contributed by atoms with Crippen LogP contribution in [-0.2, 0) is 4.79 Å². The number of carbonyl (C=O) groups excluding carboxylic acids is 1. The summed E-state index contributed by atoms with van der Waals surface area (Å²) in [7, 11) is 3.96. The zero-order valence-electron chi connectivity index (χ0n) is 13.3. The van der Waals surface area contributed by atoms with E-state index in [1.54, 1.807) is 0 Å². The number of nitrogens with zero attached hydrogens (tertiary/aromatic N) is 1. The predicted octanol–water partition coefficient (Wildman–Crippen LogP) is 1.52. The molecule has 0 saturated heterocycles. The molecule has 3 N–H and O–H groups in total. The fourth-order valence-corrected chi connectivity index (χ4v) is 2.11. The van der Waals surface area contributed by atoms with Gasteiger partial charge in [-0.05, 0) is 25.9 Å². The summed E-state index contributed by atoms with van der Waals surface area (Å²) in [5, 5.41) is 14.3. The summed E-state index contributed by atoms with van der Waals surface area (Å²) in [5.41, 5.74) is -0.0665. The van der Waals surface area contributed by atoms with Gasteiger partial charge in [0.15, 0.2) is 0 Å². The first-order valence-corrected chi connectivity index (χ1v) is 7.10. The summed E-state index contributed by atoms with van der Waals surface area (Å²) < 4.78 is 0. The lowest BCUT2D eigenvalue weighted by Crippen LogP contribution is -2.49. The summed E-state index contributed by atoms with van der Waals surface area (Å²) in [4.78, 5) is 24.8. The Balaban J connectivity index is 4.22. The summed E-state index contributed by atoms with van der Waals surface area (Å²) in [5.74, 6) is -0.985. The number of carboxylic acids is 1. The number of hydrogen-bond donors (Lipinski definition) is 3. The van der Waals surface area contributed by atoms with E-state index >= 15 is 0 Å². The van der Waals surface area contributed by atoms with Crippen molar-refractivity contribution < 1.29 is 14.7 Å². The van der Waals surface area contributed by atoms with E-state index in [-0.39, 0.29) is 5.41 Å². The van der Waals surface area contributed by atoms with E-state index < -0.39 is 18.0 Å². The molecule has 0 aliphatic rings. The van der Waals surface area contributed by atoms with Crippen molar-refractivity contribution in [2.75, 3.05) is 27.2 Å². The summed E-state index contributed by atoms with van der Waals surface area (Å²) in [6.07, 6.45) is 2.15. The normalized spacial score (nSPS) is 13.1. The smallest absolute Gasteiger partial charge is 0.326 e. The Labute approximate surface area is 121 Å². The third-order valence-electron chi connectivity index (χ3n) is 2.92. The van der Waals surface area contributed by atoms with Crippen LogP contribution in [-0.4, -0.2) is 55.2 Å². The topological polar surface area (TPSA) is 81.7 Å². The van der Waals surface area contributed by atoms with Gasteiger partial charge in [-0.1, -0.05) is 33.6 Å². The Bertz CT molecular complexity index is 317. The van der Waals surface area contributed by atoms with Crippen LogP contribution in [0.3, 0.4) is 0 Å². The SMILES string of the molecule is CCCCC(NC(=O)NCC(C)(C)CN(C)C)C(=O)O. The van der Waals surface area contributed by atoms with E-state index in [2.05, 4.69) is 29.4 Å².